The minimum atomic E-state index is 0.192. The number of carbonyl (C=O) groups is 1. The van der Waals surface area contributed by atoms with Gasteiger partial charge in [0.05, 0.1) is 5.41 Å². The van der Waals surface area contributed by atoms with E-state index in [0.29, 0.717) is 11.9 Å². The molecular formula is C11H16N2O. The van der Waals surface area contributed by atoms with Crippen LogP contribution >= 0.6 is 0 Å². The number of hydrogen-bond donors (Lipinski definition) is 1. The summed E-state index contributed by atoms with van der Waals surface area (Å²) in [5.74, 6) is 2.05. The van der Waals surface area contributed by atoms with Gasteiger partial charge < -0.3 is 10.2 Å². The quantitative estimate of drug-likeness (QED) is 0.644. The first-order valence-corrected chi connectivity index (χ1v) is 5.83. The number of nitrogens with zero attached hydrogens (tertiary/aromatic N) is 1. The standard InChI is InChI=1S/C11H16N2O/c14-10(11-3-8(11)4-11)13-2-1-7-5-12-6-9(7)13/h7-9,12H,1-6H2. The van der Waals surface area contributed by atoms with Crippen molar-refractivity contribution in [3.63, 3.8) is 0 Å². The molecule has 76 valence electrons. The van der Waals surface area contributed by atoms with Crippen LogP contribution in [0.4, 0.5) is 0 Å². The third-order valence-electron chi connectivity index (χ3n) is 4.81. The first kappa shape index (κ1) is 7.69. The van der Waals surface area contributed by atoms with E-state index in [1.807, 2.05) is 0 Å². The number of rotatable bonds is 1. The van der Waals surface area contributed by atoms with E-state index in [9.17, 15) is 4.79 Å². The van der Waals surface area contributed by atoms with Gasteiger partial charge in [0, 0.05) is 25.7 Å². The topological polar surface area (TPSA) is 32.3 Å². The number of amides is 1. The Labute approximate surface area is 83.8 Å². The second kappa shape index (κ2) is 2.16. The molecule has 2 aliphatic heterocycles. The number of nitrogens with one attached hydrogen (secondary N) is 1. The molecule has 0 aromatic heterocycles. The van der Waals surface area contributed by atoms with Crippen LogP contribution in [0.15, 0.2) is 0 Å². The smallest absolute Gasteiger partial charge is 0.229 e. The number of hydrogen-bond acceptors (Lipinski definition) is 2. The Hall–Kier alpha value is -0.570. The number of carbonyl (C=O) groups excluding carboxylic acids is 1. The van der Waals surface area contributed by atoms with Gasteiger partial charge in [0.25, 0.3) is 0 Å². The van der Waals surface area contributed by atoms with Crippen LogP contribution in [-0.2, 0) is 4.79 Å². The van der Waals surface area contributed by atoms with Crippen molar-refractivity contribution >= 4 is 5.91 Å². The Bertz CT molecular complexity index is 308. The Morgan fingerprint density at radius 2 is 2.14 bits per heavy atom. The molecule has 0 spiro atoms. The second-order valence-corrected chi connectivity index (χ2v) is 5.53. The van der Waals surface area contributed by atoms with Crippen molar-refractivity contribution in [3.05, 3.63) is 0 Å². The normalized spacial score (nSPS) is 52.9. The van der Waals surface area contributed by atoms with Crippen LogP contribution in [0.25, 0.3) is 0 Å². The molecule has 14 heavy (non-hydrogen) atoms. The van der Waals surface area contributed by atoms with Crippen LogP contribution in [0.5, 0.6) is 0 Å². The van der Waals surface area contributed by atoms with Gasteiger partial charge in [-0.05, 0) is 31.1 Å². The SMILES string of the molecule is O=C(N1CCC2CNCC21)C12CC1C2. The van der Waals surface area contributed by atoms with Gasteiger partial charge in [-0.25, -0.2) is 0 Å². The van der Waals surface area contributed by atoms with E-state index in [2.05, 4.69) is 10.2 Å². The highest BCUT2D eigenvalue weighted by atomic mass is 16.2. The minimum Gasteiger partial charge on any atom is -0.338 e. The van der Waals surface area contributed by atoms with Gasteiger partial charge in [0.15, 0.2) is 0 Å². The van der Waals surface area contributed by atoms with Crippen molar-refractivity contribution in [2.24, 2.45) is 17.3 Å². The molecule has 3 nitrogen and oxygen atoms in total. The molecule has 2 atom stereocenters. The molecule has 0 aromatic rings. The van der Waals surface area contributed by atoms with E-state index in [0.717, 1.165) is 31.5 Å². The van der Waals surface area contributed by atoms with Crippen LogP contribution in [0.3, 0.4) is 0 Å². The Balaban J connectivity index is 1.57. The van der Waals surface area contributed by atoms with Gasteiger partial charge in [-0.3, -0.25) is 4.79 Å². The first-order valence-electron chi connectivity index (χ1n) is 5.83. The fourth-order valence-electron chi connectivity index (χ4n) is 3.44. The molecule has 1 N–H and O–H groups in total. The molecular weight excluding hydrogens is 176 g/mol. The molecule has 2 aliphatic carbocycles. The zero-order valence-electron chi connectivity index (χ0n) is 8.33. The molecule has 2 saturated carbocycles. The minimum absolute atomic E-state index is 0.192. The summed E-state index contributed by atoms with van der Waals surface area (Å²) < 4.78 is 0. The molecule has 4 aliphatic rings. The maximum absolute atomic E-state index is 12.2. The van der Waals surface area contributed by atoms with Gasteiger partial charge in [0.1, 0.15) is 0 Å². The van der Waals surface area contributed by atoms with Crippen LogP contribution in [-0.4, -0.2) is 36.5 Å². The average molecular weight is 192 g/mol. The Morgan fingerprint density at radius 1 is 1.36 bits per heavy atom. The average Bonchev–Trinajstić information content (AvgIpc) is 2.85. The molecule has 4 fully saturated rings. The largest absolute Gasteiger partial charge is 0.338 e. The monoisotopic (exact) mass is 192 g/mol. The van der Waals surface area contributed by atoms with Gasteiger partial charge >= 0.3 is 0 Å². The Morgan fingerprint density at radius 3 is 2.86 bits per heavy atom. The third-order valence-corrected chi connectivity index (χ3v) is 4.81. The van der Waals surface area contributed by atoms with Gasteiger partial charge in [-0.1, -0.05) is 0 Å². The van der Waals surface area contributed by atoms with Crippen molar-refractivity contribution < 1.29 is 4.79 Å². The van der Waals surface area contributed by atoms with Crippen LogP contribution in [0.1, 0.15) is 19.3 Å². The van der Waals surface area contributed by atoms with E-state index < -0.39 is 0 Å². The van der Waals surface area contributed by atoms with E-state index in [1.165, 1.54) is 19.3 Å². The van der Waals surface area contributed by atoms with E-state index in [1.54, 1.807) is 0 Å². The third kappa shape index (κ3) is 0.761. The molecule has 3 heteroatoms. The zero-order valence-corrected chi connectivity index (χ0v) is 8.33. The van der Waals surface area contributed by atoms with E-state index >= 15 is 0 Å². The number of fused-ring (bicyclic) bond motifs is 2. The zero-order chi connectivity index (χ0) is 9.34. The highest BCUT2D eigenvalue weighted by Gasteiger charge is 2.75. The van der Waals surface area contributed by atoms with Gasteiger partial charge in [0.2, 0.25) is 5.91 Å². The summed E-state index contributed by atoms with van der Waals surface area (Å²) in [5, 5.41) is 3.40. The lowest BCUT2D eigenvalue weighted by Crippen LogP contribution is -2.41. The maximum atomic E-state index is 12.2. The molecule has 0 bridgehead atoms. The predicted molar refractivity (Wildman–Crippen MR) is 51.6 cm³/mol. The summed E-state index contributed by atoms with van der Waals surface area (Å²) in [6.07, 6.45) is 3.63. The lowest BCUT2D eigenvalue weighted by Gasteiger charge is -2.24. The van der Waals surface area contributed by atoms with Gasteiger partial charge in [-0.15, -0.1) is 0 Å². The molecule has 0 aromatic carbocycles. The lowest BCUT2D eigenvalue weighted by molar-refractivity contribution is -0.135. The number of likely N-dealkylation sites (tertiary alicyclic amines) is 1. The van der Waals surface area contributed by atoms with Crippen molar-refractivity contribution in [2.75, 3.05) is 19.6 Å². The Kier molecular flexibility index (Phi) is 1.19. The highest BCUT2D eigenvalue weighted by molar-refractivity contribution is 5.90. The molecule has 2 saturated heterocycles. The van der Waals surface area contributed by atoms with Crippen LogP contribution < -0.4 is 5.32 Å². The van der Waals surface area contributed by atoms with E-state index in [-0.39, 0.29) is 5.41 Å². The highest BCUT2D eigenvalue weighted by Crippen LogP contribution is 2.76. The molecule has 4 rings (SSSR count). The fourth-order valence-corrected chi connectivity index (χ4v) is 3.44. The summed E-state index contributed by atoms with van der Waals surface area (Å²) in [4.78, 5) is 14.4. The van der Waals surface area contributed by atoms with Crippen molar-refractivity contribution in [1.82, 2.24) is 10.2 Å². The summed E-state index contributed by atoms with van der Waals surface area (Å²) in [6, 6.07) is 0.540. The first-order chi connectivity index (χ1) is 6.81. The lowest BCUT2D eigenvalue weighted by atomic mass is 10.0. The van der Waals surface area contributed by atoms with Crippen molar-refractivity contribution in [1.29, 1.82) is 0 Å². The summed E-state index contributed by atoms with van der Waals surface area (Å²) in [6.45, 7) is 3.20. The van der Waals surface area contributed by atoms with Crippen LogP contribution in [0, 0.1) is 17.3 Å². The molecule has 2 unspecified atom stereocenters. The van der Waals surface area contributed by atoms with Crippen molar-refractivity contribution in [3.8, 4) is 0 Å². The fraction of sp³-hybridized carbons (Fsp3) is 0.909. The maximum Gasteiger partial charge on any atom is 0.229 e. The van der Waals surface area contributed by atoms with Crippen molar-refractivity contribution in [2.45, 2.75) is 25.3 Å². The summed E-state index contributed by atoms with van der Waals surface area (Å²) >= 11 is 0. The summed E-state index contributed by atoms with van der Waals surface area (Å²) in [7, 11) is 0. The van der Waals surface area contributed by atoms with Crippen LogP contribution in [0.2, 0.25) is 0 Å². The summed E-state index contributed by atoms with van der Waals surface area (Å²) in [5.41, 5.74) is 0.192. The van der Waals surface area contributed by atoms with Gasteiger partial charge in [-0.2, -0.15) is 0 Å². The second-order valence-electron chi connectivity index (χ2n) is 5.53. The molecule has 0 radical (unpaired) electrons. The predicted octanol–water partition coefficient (Wildman–Crippen LogP) is 0.217. The molecule has 1 amide bonds. The molecule has 2 heterocycles. The van der Waals surface area contributed by atoms with E-state index in [4.69, 9.17) is 0 Å².